The molecule has 3 saturated heterocycles. The van der Waals surface area contributed by atoms with Gasteiger partial charge in [0.05, 0.1) is 24.4 Å². The van der Waals surface area contributed by atoms with Gasteiger partial charge in [0, 0.05) is 62.9 Å². The van der Waals surface area contributed by atoms with Crippen LogP contribution in [0.3, 0.4) is 0 Å². The molecule has 0 radical (unpaired) electrons. The van der Waals surface area contributed by atoms with Crippen LogP contribution in [-0.4, -0.2) is 67.4 Å². The summed E-state index contributed by atoms with van der Waals surface area (Å²) in [5.41, 5.74) is 5.12. The van der Waals surface area contributed by atoms with Gasteiger partial charge in [-0.15, -0.1) is 0 Å². The first-order valence-corrected chi connectivity index (χ1v) is 10.9. The van der Waals surface area contributed by atoms with Crippen LogP contribution in [0.5, 0.6) is 0 Å². The van der Waals surface area contributed by atoms with Gasteiger partial charge in [0.1, 0.15) is 5.52 Å². The molecule has 3 aliphatic rings. The molecular weight excluding hydrogens is 376 g/mol. The molecule has 30 heavy (non-hydrogen) atoms. The lowest BCUT2D eigenvalue weighted by Crippen LogP contribution is -2.36. The van der Waals surface area contributed by atoms with Crippen molar-refractivity contribution in [2.24, 2.45) is 11.8 Å². The van der Waals surface area contributed by atoms with Gasteiger partial charge in [-0.2, -0.15) is 0 Å². The lowest BCUT2D eigenvalue weighted by atomic mass is 10.0. The Bertz CT molecular complexity index is 1040. The molecule has 2 atom stereocenters. The van der Waals surface area contributed by atoms with E-state index in [1.807, 2.05) is 0 Å². The minimum Gasteiger partial charge on any atom is -0.378 e. The zero-order valence-corrected chi connectivity index (χ0v) is 17.0. The summed E-state index contributed by atoms with van der Waals surface area (Å²) < 4.78 is 5.47. The fraction of sp³-hybridized carbons (Fsp3) is 0.435. The van der Waals surface area contributed by atoms with Crippen molar-refractivity contribution in [3.8, 4) is 11.3 Å². The van der Waals surface area contributed by atoms with Crippen LogP contribution in [-0.2, 0) is 4.74 Å². The Morgan fingerprint density at radius 3 is 2.40 bits per heavy atom. The molecule has 7 heteroatoms. The average Bonchev–Trinajstić information content (AvgIpc) is 3.42. The summed E-state index contributed by atoms with van der Waals surface area (Å²) in [5.74, 6) is 2.38. The molecule has 0 bridgehead atoms. The number of morpholine rings is 1. The molecule has 0 amide bonds. The number of ether oxygens (including phenoxy) is 1. The lowest BCUT2D eigenvalue weighted by Gasteiger charge is -2.29. The average molecular weight is 403 g/mol. The smallest absolute Gasteiger partial charge is 0.157 e. The van der Waals surface area contributed by atoms with Crippen molar-refractivity contribution in [3.05, 3.63) is 42.7 Å². The van der Waals surface area contributed by atoms with E-state index >= 15 is 0 Å². The first kappa shape index (κ1) is 18.0. The molecule has 2 unspecified atom stereocenters. The number of aromatic nitrogens is 3. The molecule has 1 N–H and O–H groups in total. The third-order valence-corrected chi connectivity index (χ3v) is 6.67. The van der Waals surface area contributed by atoms with Crippen LogP contribution >= 0.6 is 0 Å². The number of pyridine rings is 1. The highest BCUT2D eigenvalue weighted by atomic mass is 16.5. The summed E-state index contributed by atoms with van der Waals surface area (Å²) in [6.07, 6.45) is 3.53. The Hall–Kier alpha value is -2.77. The van der Waals surface area contributed by atoms with Gasteiger partial charge in [-0.25, -0.2) is 9.97 Å². The molecule has 3 aliphatic heterocycles. The van der Waals surface area contributed by atoms with E-state index in [0.29, 0.717) is 11.8 Å². The molecule has 3 fully saturated rings. The molecule has 5 heterocycles. The molecule has 3 aromatic rings. The summed E-state index contributed by atoms with van der Waals surface area (Å²) in [5, 5.41) is 3.52. The second-order valence-electron chi connectivity index (χ2n) is 8.48. The van der Waals surface area contributed by atoms with Crippen LogP contribution < -0.4 is 15.1 Å². The largest absolute Gasteiger partial charge is 0.378 e. The van der Waals surface area contributed by atoms with Crippen LogP contribution in [0, 0.1) is 11.8 Å². The Morgan fingerprint density at radius 1 is 0.900 bits per heavy atom. The predicted octanol–water partition coefficient (Wildman–Crippen LogP) is 2.18. The zero-order chi connectivity index (χ0) is 19.9. The molecule has 7 nitrogen and oxygen atoms in total. The van der Waals surface area contributed by atoms with Crippen LogP contribution in [0.2, 0.25) is 0 Å². The van der Waals surface area contributed by atoms with E-state index in [4.69, 9.17) is 9.72 Å². The number of anilines is 2. The number of rotatable bonds is 3. The molecule has 0 spiro atoms. The van der Waals surface area contributed by atoms with Gasteiger partial charge in [-0.1, -0.05) is 12.1 Å². The standard InChI is InChI=1S/C23H26N6O/c1-3-19(28-7-9-30-10-8-28)4-2-16(1)20-11-21-22(26-6-5-25-21)23(27-20)29-14-17-12-24-13-18(17)15-29/h1-6,11,17-18,24H,7-10,12-15H2. The molecule has 0 saturated carbocycles. The zero-order valence-electron chi connectivity index (χ0n) is 17.0. The second kappa shape index (κ2) is 7.49. The van der Waals surface area contributed by atoms with Crippen molar-refractivity contribution in [1.82, 2.24) is 20.3 Å². The Kier molecular flexibility index (Phi) is 4.50. The Balaban J connectivity index is 1.35. The third-order valence-electron chi connectivity index (χ3n) is 6.67. The number of hydrogen-bond donors (Lipinski definition) is 1. The normalized spacial score (nSPS) is 23.9. The van der Waals surface area contributed by atoms with Gasteiger partial charge in [-0.3, -0.25) is 4.98 Å². The number of benzene rings is 1. The summed E-state index contributed by atoms with van der Waals surface area (Å²) >= 11 is 0. The van der Waals surface area contributed by atoms with Crippen molar-refractivity contribution in [2.75, 3.05) is 62.3 Å². The van der Waals surface area contributed by atoms with E-state index in [1.165, 1.54) is 5.69 Å². The number of nitrogens with zero attached hydrogens (tertiary/aromatic N) is 5. The van der Waals surface area contributed by atoms with Gasteiger partial charge < -0.3 is 19.9 Å². The van der Waals surface area contributed by atoms with E-state index < -0.39 is 0 Å². The third kappa shape index (κ3) is 3.18. The van der Waals surface area contributed by atoms with Gasteiger partial charge in [-0.05, 0) is 30.0 Å². The number of hydrogen-bond acceptors (Lipinski definition) is 7. The fourth-order valence-electron chi connectivity index (χ4n) is 5.02. The van der Waals surface area contributed by atoms with E-state index in [0.717, 1.165) is 80.6 Å². The van der Waals surface area contributed by atoms with Crippen LogP contribution in [0.25, 0.3) is 22.3 Å². The van der Waals surface area contributed by atoms with Crippen molar-refractivity contribution in [3.63, 3.8) is 0 Å². The quantitative estimate of drug-likeness (QED) is 0.720. The first-order valence-electron chi connectivity index (χ1n) is 10.9. The highest BCUT2D eigenvalue weighted by Gasteiger charge is 2.37. The van der Waals surface area contributed by atoms with E-state index in [2.05, 4.69) is 55.4 Å². The SMILES string of the molecule is c1cnc2c(N3CC4CNCC4C3)nc(-c3ccc(N4CCOCC4)cc3)cc2n1. The minimum absolute atomic E-state index is 0.704. The maximum atomic E-state index is 5.47. The first-order chi connectivity index (χ1) is 14.8. The Morgan fingerprint density at radius 2 is 1.63 bits per heavy atom. The molecule has 1 aromatic carbocycles. The maximum Gasteiger partial charge on any atom is 0.157 e. The van der Waals surface area contributed by atoms with Crippen molar-refractivity contribution >= 4 is 22.5 Å². The van der Waals surface area contributed by atoms with Gasteiger partial charge in [0.15, 0.2) is 5.82 Å². The molecule has 0 aliphatic carbocycles. The summed E-state index contributed by atoms with van der Waals surface area (Å²) in [6.45, 7) is 7.76. The monoisotopic (exact) mass is 402 g/mol. The van der Waals surface area contributed by atoms with Crippen LogP contribution in [0.4, 0.5) is 11.5 Å². The van der Waals surface area contributed by atoms with E-state index in [-0.39, 0.29) is 0 Å². The summed E-state index contributed by atoms with van der Waals surface area (Å²) in [7, 11) is 0. The van der Waals surface area contributed by atoms with Crippen molar-refractivity contribution in [2.45, 2.75) is 0 Å². The van der Waals surface area contributed by atoms with Gasteiger partial charge in [0.25, 0.3) is 0 Å². The second-order valence-corrected chi connectivity index (χ2v) is 8.48. The Labute approximate surface area is 176 Å². The molecule has 6 rings (SSSR count). The summed E-state index contributed by atoms with van der Waals surface area (Å²) in [6, 6.07) is 10.8. The van der Waals surface area contributed by atoms with Gasteiger partial charge >= 0.3 is 0 Å². The highest BCUT2D eigenvalue weighted by molar-refractivity contribution is 5.89. The van der Waals surface area contributed by atoms with E-state index in [1.54, 1.807) is 12.4 Å². The van der Waals surface area contributed by atoms with Crippen molar-refractivity contribution in [1.29, 1.82) is 0 Å². The van der Waals surface area contributed by atoms with Gasteiger partial charge in [0.2, 0.25) is 0 Å². The maximum absolute atomic E-state index is 5.47. The molecule has 2 aromatic heterocycles. The lowest BCUT2D eigenvalue weighted by molar-refractivity contribution is 0.122. The van der Waals surface area contributed by atoms with Crippen LogP contribution in [0.15, 0.2) is 42.7 Å². The van der Waals surface area contributed by atoms with Crippen LogP contribution in [0.1, 0.15) is 0 Å². The molecule has 154 valence electrons. The number of fused-ring (bicyclic) bond motifs is 2. The van der Waals surface area contributed by atoms with Crippen molar-refractivity contribution < 1.29 is 4.74 Å². The highest BCUT2D eigenvalue weighted by Crippen LogP contribution is 2.34. The molecular formula is C23H26N6O. The fourth-order valence-corrected chi connectivity index (χ4v) is 5.02. The summed E-state index contributed by atoms with van der Waals surface area (Å²) in [4.78, 5) is 19.1. The topological polar surface area (TPSA) is 66.4 Å². The van der Waals surface area contributed by atoms with E-state index in [9.17, 15) is 0 Å². The number of nitrogens with one attached hydrogen (secondary N) is 1. The minimum atomic E-state index is 0.704. The predicted molar refractivity (Wildman–Crippen MR) is 118 cm³/mol.